The van der Waals surface area contributed by atoms with Gasteiger partial charge in [-0.3, -0.25) is 4.79 Å². The van der Waals surface area contributed by atoms with Gasteiger partial charge in [0.05, 0.1) is 10.0 Å². The summed E-state index contributed by atoms with van der Waals surface area (Å²) in [6.45, 7) is 3.89. The molecule has 4 nitrogen and oxygen atoms in total. The van der Waals surface area contributed by atoms with Gasteiger partial charge in [-0.05, 0) is 74.0 Å². The van der Waals surface area contributed by atoms with E-state index in [2.05, 4.69) is 5.32 Å². The van der Waals surface area contributed by atoms with Crippen LogP contribution in [0.4, 0.5) is 5.69 Å². The van der Waals surface area contributed by atoms with E-state index in [1.807, 2.05) is 54.8 Å². The van der Waals surface area contributed by atoms with Gasteiger partial charge in [-0.15, -0.1) is 0 Å². The number of carbonyl (C=O) groups excluding carboxylic acids is 1. The average Bonchev–Trinajstić information content (AvgIpc) is 2.96. The lowest BCUT2D eigenvalue weighted by molar-refractivity contribution is -0.112. The van der Waals surface area contributed by atoms with Crippen LogP contribution in [-0.2, 0) is 4.79 Å². The first-order valence-electron chi connectivity index (χ1n) is 8.63. The predicted octanol–water partition coefficient (Wildman–Crippen LogP) is 6.60. The van der Waals surface area contributed by atoms with Gasteiger partial charge in [0.15, 0.2) is 0 Å². The Labute approximate surface area is 183 Å². The number of anilines is 1. The van der Waals surface area contributed by atoms with Crippen LogP contribution in [-0.4, -0.2) is 10.5 Å². The zero-order valence-corrected chi connectivity index (χ0v) is 17.9. The Balaban J connectivity index is 1.92. The monoisotopic (exact) mass is 443 g/mol. The first-order chi connectivity index (χ1) is 13.8. The highest BCUT2D eigenvalue weighted by Crippen LogP contribution is 2.26. The highest BCUT2D eigenvalue weighted by molar-refractivity contribution is 6.42. The summed E-state index contributed by atoms with van der Waals surface area (Å²) in [5.41, 5.74) is 4.03. The van der Waals surface area contributed by atoms with Crippen LogP contribution < -0.4 is 5.32 Å². The van der Waals surface area contributed by atoms with Crippen molar-refractivity contribution < 1.29 is 4.79 Å². The fourth-order valence-corrected chi connectivity index (χ4v) is 3.42. The third kappa shape index (κ3) is 4.65. The van der Waals surface area contributed by atoms with E-state index in [0.717, 1.165) is 22.6 Å². The van der Waals surface area contributed by atoms with Crippen LogP contribution in [0.15, 0.2) is 54.1 Å². The Kier molecular flexibility index (Phi) is 6.34. The molecule has 7 heteroatoms. The van der Waals surface area contributed by atoms with E-state index >= 15 is 0 Å². The molecule has 0 aliphatic carbocycles. The molecule has 0 aliphatic heterocycles. The average molecular weight is 445 g/mol. The van der Waals surface area contributed by atoms with Crippen LogP contribution in [0.2, 0.25) is 15.1 Å². The molecule has 0 saturated carbocycles. The maximum absolute atomic E-state index is 12.6. The molecule has 0 fully saturated rings. The largest absolute Gasteiger partial charge is 0.321 e. The maximum atomic E-state index is 12.6. The van der Waals surface area contributed by atoms with Gasteiger partial charge in [0, 0.05) is 27.8 Å². The van der Waals surface area contributed by atoms with Crippen LogP contribution in [0.5, 0.6) is 0 Å². The number of carbonyl (C=O) groups is 1. The molecule has 1 heterocycles. The lowest BCUT2D eigenvalue weighted by Gasteiger charge is -2.09. The number of halogens is 3. The van der Waals surface area contributed by atoms with E-state index in [0.29, 0.717) is 20.8 Å². The molecule has 1 N–H and O–H groups in total. The van der Waals surface area contributed by atoms with Gasteiger partial charge in [0.2, 0.25) is 0 Å². The molecule has 1 amide bonds. The number of nitrogens with zero attached hydrogens (tertiary/aromatic N) is 2. The summed E-state index contributed by atoms with van der Waals surface area (Å²) < 4.78 is 2.04. The van der Waals surface area contributed by atoms with E-state index in [9.17, 15) is 10.1 Å². The molecule has 29 heavy (non-hydrogen) atoms. The Bertz CT molecular complexity index is 1160. The second-order valence-electron chi connectivity index (χ2n) is 6.39. The Morgan fingerprint density at radius 2 is 1.72 bits per heavy atom. The van der Waals surface area contributed by atoms with Crippen molar-refractivity contribution in [1.29, 1.82) is 5.26 Å². The number of rotatable bonds is 4. The zero-order valence-electron chi connectivity index (χ0n) is 15.6. The van der Waals surface area contributed by atoms with Gasteiger partial charge in [0.25, 0.3) is 5.91 Å². The highest BCUT2D eigenvalue weighted by atomic mass is 35.5. The van der Waals surface area contributed by atoms with Crippen molar-refractivity contribution in [3.05, 3.63) is 86.1 Å². The molecule has 3 aromatic rings. The van der Waals surface area contributed by atoms with E-state index < -0.39 is 5.91 Å². The number of hydrogen-bond donors (Lipinski definition) is 1. The quantitative estimate of drug-likeness (QED) is 0.364. The summed E-state index contributed by atoms with van der Waals surface area (Å²) in [5.74, 6) is -0.526. The van der Waals surface area contributed by atoms with Crippen molar-refractivity contribution in [2.75, 3.05) is 5.32 Å². The summed E-state index contributed by atoms with van der Waals surface area (Å²) in [4.78, 5) is 12.6. The smallest absolute Gasteiger partial charge is 0.266 e. The van der Waals surface area contributed by atoms with Gasteiger partial charge < -0.3 is 9.88 Å². The molecular weight excluding hydrogens is 429 g/mol. The fourth-order valence-electron chi connectivity index (χ4n) is 3.00. The molecule has 3 rings (SSSR count). The van der Waals surface area contributed by atoms with Crippen molar-refractivity contribution in [3.63, 3.8) is 0 Å². The zero-order chi connectivity index (χ0) is 21.1. The number of hydrogen-bond acceptors (Lipinski definition) is 2. The molecule has 0 aliphatic rings. The van der Waals surface area contributed by atoms with Crippen molar-refractivity contribution in [1.82, 2.24) is 4.57 Å². The van der Waals surface area contributed by atoms with E-state index in [1.165, 1.54) is 6.07 Å². The SMILES string of the molecule is Cc1cc(/C=C(/C#N)C(=O)Nc2ccc(Cl)c(Cl)c2)c(C)n1-c1ccc(Cl)cc1. The molecule has 146 valence electrons. The minimum Gasteiger partial charge on any atom is -0.321 e. The fraction of sp³-hybridized carbons (Fsp3) is 0.0909. The third-order valence-electron chi connectivity index (χ3n) is 4.40. The van der Waals surface area contributed by atoms with Gasteiger partial charge in [-0.1, -0.05) is 34.8 Å². The minimum atomic E-state index is -0.526. The second-order valence-corrected chi connectivity index (χ2v) is 7.64. The van der Waals surface area contributed by atoms with Crippen LogP contribution in [0.25, 0.3) is 11.8 Å². The number of benzene rings is 2. The summed E-state index contributed by atoms with van der Waals surface area (Å²) in [5, 5.41) is 13.5. The predicted molar refractivity (Wildman–Crippen MR) is 119 cm³/mol. The molecule has 0 bridgehead atoms. The van der Waals surface area contributed by atoms with E-state index in [-0.39, 0.29) is 5.57 Å². The van der Waals surface area contributed by atoms with Crippen molar-refractivity contribution in [2.24, 2.45) is 0 Å². The first kappa shape index (κ1) is 21.0. The summed E-state index contributed by atoms with van der Waals surface area (Å²) in [7, 11) is 0. The molecule has 0 saturated heterocycles. The maximum Gasteiger partial charge on any atom is 0.266 e. The molecule has 0 unspecified atom stereocenters. The van der Waals surface area contributed by atoms with E-state index in [1.54, 1.807) is 18.2 Å². The number of amides is 1. The summed E-state index contributed by atoms with van der Waals surface area (Å²) in [6.07, 6.45) is 1.57. The van der Waals surface area contributed by atoms with Gasteiger partial charge in [-0.2, -0.15) is 5.26 Å². The third-order valence-corrected chi connectivity index (χ3v) is 5.39. The summed E-state index contributed by atoms with van der Waals surface area (Å²) >= 11 is 17.8. The van der Waals surface area contributed by atoms with Gasteiger partial charge >= 0.3 is 0 Å². The number of aryl methyl sites for hydroxylation is 1. The standard InChI is InChI=1S/C22H16Cl3N3O/c1-13-9-15(14(2)28(13)19-6-3-17(23)4-7-19)10-16(12-26)22(29)27-18-5-8-20(24)21(25)11-18/h3-11H,1-2H3,(H,27,29)/b16-10-. The first-order valence-corrected chi connectivity index (χ1v) is 9.76. The molecule has 1 aromatic heterocycles. The normalized spacial score (nSPS) is 11.2. The van der Waals surface area contributed by atoms with Crippen LogP contribution in [0.1, 0.15) is 17.0 Å². The highest BCUT2D eigenvalue weighted by Gasteiger charge is 2.14. The molecule has 0 radical (unpaired) electrons. The lowest BCUT2D eigenvalue weighted by Crippen LogP contribution is -2.13. The second kappa shape index (κ2) is 8.75. The van der Waals surface area contributed by atoms with Crippen LogP contribution >= 0.6 is 34.8 Å². The number of nitrogens with one attached hydrogen (secondary N) is 1. The Hall–Kier alpha value is -2.71. The molecule has 0 spiro atoms. The van der Waals surface area contributed by atoms with Crippen molar-refractivity contribution in [3.8, 4) is 11.8 Å². The van der Waals surface area contributed by atoms with E-state index in [4.69, 9.17) is 34.8 Å². The minimum absolute atomic E-state index is 0.0209. The van der Waals surface area contributed by atoms with Crippen molar-refractivity contribution >= 4 is 52.5 Å². The lowest BCUT2D eigenvalue weighted by atomic mass is 10.1. The van der Waals surface area contributed by atoms with Crippen LogP contribution in [0.3, 0.4) is 0 Å². The Morgan fingerprint density at radius 3 is 2.34 bits per heavy atom. The molecule has 0 atom stereocenters. The number of nitriles is 1. The number of aromatic nitrogens is 1. The van der Waals surface area contributed by atoms with Crippen molar-refractivity contribution in [2.45, 2.75) is 13.8 Å². The van der Waals surface area contributed by atoms with Gasteiger partial charge in [-0.25, -0.2) is 0 Å². The van der Waals surface area contributed by atoms with Crippen LogP contribution in [0, 0.1) is 25.2 Å². The summed E-state index contributed by atoms with van der Waals surface area (Å²) in [6, 6.07) is 16.1. The molecular formula is C22H16Cl3N3O. The topological polar surface area (TPSA) is 57.8 Å². The Morgan fingerprint density at radius 1 is 1.03 bits per heavy atom. The van der Waals surface area contributed by atoms with Gasteiger partial charge in [0.1, 0.15) is 11.6 Å². The molecule has 2 aromatic carbocycles.